The second-order valence-corrected chi connectivity index (χ2v) is 10.7. The molecule has 0 amide bonds. The van der Waals surface area contributed by atoms with Crippen LogP contribution < -0.4 is 0 Å². The van der Waals surface area contributed by atoms with Gasteiger partial charge in [0.05, 0.1) is 6.42 Å². The van der Waals surface area contributed by atoms with E-state index in [1.165, 1.54) is 121 Å². The van der Waals surface area contributed by atoms with Crippen molar-refractivity contribution in [3.8, 4) is 0 Å². The second-order valence-electron chi connectivity index (χ2n) is 8.15. The fourth-order valence-corrected chi connectivity index (χ4v) is 4.02. The largest absolute Gasteiger partial charge is 0.481 e. The number of carboxylic acids is 2. The third-order valence-corrected chi connectivity index (χ3v) is 6.48. The van der Waals surface area contributed by atoms with Crippen molar-refractivity contribution in [3.63, 3.8) is 0 Å². The summed E-state index contributed by atoms with van der Waals surface area (Å²) in [5, 5.41) is 13.9. The summed E-state index contributed by atoms with van der Waals surface area (Å²) in [5.41, 5.74) is 0. The first-order chi connectivity index (χ1) is 15.2. The number of ether oxygens (including phenoxy) is 1. The molecule has 8 nitrogen and oxygen atoms in total. The predicted molar refractivity (Wildman–Crippen MR) is 127 cm³/mol. The number of carboxylic acid groups (broad SMARTS) is 2. The quantitative estimate of drug-likeness (QED) is 0.118. The van der Waals surface area contributed by atoms with Crippen LogP contribution in [0.3, 0.4) is 0 Å². The van der Waals surface area contributed by atoms with Gasteiger partial charge in [0.1, 0.15) is 0 Å². The van der Waals surface area contributed by atoms with Crippen molar-refractivity contribution >= 4 is 50.0 Å². The van der Waals surface area contributed by atoms with Crippen LogP contribution in [0.5, 0.6) is 0 Å². The zero-order valence-corrected chi connectivity index (χ0v) is 22.9. The number of carbonyl (C=O) groups is 2. The van der Waals surface area contributed by atoms with E-state index in [0.717, 1.165) is 13.2 Å². The topological polar surface area (TPSA) is 138 Å². The summed E-state index contributed by atoms with van der Waals surface area (Å²) in [7, 11) is -4.84. The van der Waals surface area contributed by atoms with Crippen LogP contribution in [0.15, 0.2) is 0 Å². The van der Waals surface area contributed by atoms with Crippen molar-refractivity contribution in [3.05, 3.63) is 0 Å². The van der Waals surface area contributed by atoms with Crippen LogP contribution in [0.4, 0.5) is 0 Å². The first kappa shape index (κ1) is 34.0. The van der Waals surface area contributed by atoms with Gasteiger partial charge in [-0.05, 0) is 0 Å². The Kier molecular flexibility index (Phi) is 25.4. The minimum atomic E-state index is -4.84. The minimum absolute atomic E-state index is 1.00. The molecular weight excluding hydrogens is 447 g/mol. The monoisotopic (exact) mass is 490 g/mol. The van der Waals surface area contributed by atoms with Crippen molar-refractivity contribution < 1.29 is 37.5 Å². The molecule has 32 heavy (non-hydrogen) atoms. The Labute approximate surface area is 212 Å². The Balaban J connectivity index is 0. The number of aliphatic carboxylic acids is 2. The standard InChI is InChI=1S/C18H37O.C4H6O7S.Na/c1-3-5-6-7-8-9-10-11-12-13-14-15-16-17-18-19-4-2;5-3(6)1-2(4(7)8)12(9,10)11;/h2-18H2,1H3;2H,1H2,(H,5,6)(H,7,8)(H,9,10,11);. The fourth-order valence-electron chi connectivity index (χ4n) is 3.12. The van der Waals surface area contributed by atoms with Crippen LogP contribution in [0.2, 0.25) is 3.67 Å². The van der Waals surface area contributed by atoms with Crippen LogP contribution in [0.25, 0.3) is 0 Å². The first-order valence-corrected chi connectivity index (χ1v) is 15.1. The molecule has 0 aliphatic heterocycles. The maximum atomic E-state index is 10.2. The van der Waals surface area contributed by atoms with Crippen molar-refractivity contribution in [1.82, 2.24) is 0 Å². The van der Waals surface area contributed by atoms with Crippen LogP contribution >= 0.6 is 0 Å². The minimum Gasteiger partial charge on any atom is -0.481 e. The molecule has 0 fully saturated rings. The van der Waals surface area contributed by atoms with Gasteiger partial charge in [0, 0.05) is 0 Å². The summed E-state index contributed by atoms with van der Waals surface area (Å²) >= 11 is 1.29. The number of hydrogen-bond donors (Lipinski definition) is 3. The van der Waals surface area contributed by atoms with Gasteiger partial charge in [0.15, 0.2) is 5.25 Å². The van der Waals surface area contributed by atoms with E-state index in [0.29, 0.717) is 0 Å². The Hall–Kier alpha value is -0.190. The van der Waals surface area contributed by atoms with Gasteiger partial charge in [-0.25, -0.2) is 0 Å². The number of unbranched alkanes of at least 4 members (excludes halogenated alkanes) is 13. The molecular formula is C22H43NaO8S. The number of rotatable bonds is 21. The number of hydrogen-bond acceptors (Lipinski definition) is 5. The first-order valence-electron chi connectivity index (χ1n) is 12.1. The summed E-state index contributed by atoms with van der Waals surface area (Å²) in [6.07, 6.45) is 18.9. The van der Waals surface area contributed by atoms with E-state index in [2.05, 4.69) is 6.92 Å². The van der Waals surface area contributed by atoms with E-state index in [-0.39, 0.29) is 0 Å². The average Bonchev–Trinajstić information content (AvgIpc) is 2.71. The Morgan fingerprint density at radius 1 is 0.781 bits per heavy atom. The van der Waals surface area contributed by atoms with Gasteiger partial charge in [-0.1, -0.05) is 45.4 Å². The van der Waals surface area contributed by atoms with E-state index < -0.39 is 33.7 Å². The molecule has 0 aromatic heterocycles. The molecule has 0 heterocycles. The third-order valence-electron chi connectivity index (χ3n) is 4.99. The van der Waals surface area contributed by atoms with E-state index >= 15 is 0 Å². The Morgan fingerprint density at radius 2 is 1.19 bits per heavy atom. The summed E-state index contributed by atoms with van der Waals surface area (Å²) in [6, 6.07) is 0. The zero-order valence-electron chi connectivity index (χ0n) is 20.1. The van der Waals surface area contributed by atoms with E-state index in [1.807, 2.05) is 0 Å². The fraction of sp³-hybridized carbons (Fsp3) is 0.909. The summed E-state index contributed by atoms with van der Waals surface area (Å²) in [6.45, 7) is 4.30. The van der Waals surface area contributed by atoms with E-state index in [4.69, 9.17) is 19.5 Å². The van der Waals surface area contributed by atoms with Crippen molar-refractivity contribution in [2.24, 2.45) is 0 Å². The maximum Gasteiger partial charge on any atom is 0.325 e. The van der Waals surface area contributed by atoms with Crippen molar-refractivity contribution in [2.75, 3.05) is 13.2 Å². The van der Waals surface area contributed by atoms with Crippen LogP contribution in [-0.2, 0) is 24.4 Å². The van der Waals surface area contributed by atoms with Gasteiger partial charge in [-0.15, -0.1) is 0 Å². The van der Waals surface area contributed by atoms with Crippen LogP contribution in [0, 0.1) is 0 Å². The molecule has 186 valence electrons. The maximum absolute atomic E-state index is 10.2. The molecule has 0 aromatic carbocycles. The second kappa shape index (κ2) is 24.0. The zero-order chi connectivity index (χ0) is 24.7. The van der Waals surface area contributed by atoms with E-state index in [9.17, 15) is 18.0 Å². The Morgan fingerprint density at radius 3 is 1.47 bits per heavy atom. The molecule has 10 heteroatoms. The van der Waals surface area contributed by atoms with Gasteiger partial charge >= 0.3 is 113 Å². The van der Waals surface area contributed by atoms with Crippen LogP contribution in [0.1, 0.15) is 103 Å². The van der Waals surface area contributed by atoms with Gasteiger partial charge in [-0.2, -0.15) is 8.42 Å². The molecule has 3 N–H and O–H groups in total. The Bertz CT molecular complexity index is 536. The van der Waals surface area contributed by atoms with Crippen LogP contribution in [-0.4, -0.2) is 81.5 Å². The van der Waals surface area contributed by atoms with Crippen molar-refractivity contribution in [2.45, 2.75) is 112 Å². The van der Waals surface area contributed by atoms with Crippen molar-refractivity contribution in [1.29, 1.82) is 0 Å². The van der Waals surface area contributed by atoms with Gasteiger partial charge in [0.2, 0.25) is 0 Å². The SMILES string of the molecule is CCCCCCCCCCCCCCCCOC[CH2][Na].O=C(O)CC(C(=O)O)S(=O)(=O)O. The third kappa shape index (κ3) is 26.1. The molecule has 0 bridgehead atoms. The molecule has 0 saturated carbocycles. The summed E-state index contributed by atoms with van der Waals surface area (Å²) in [5.74, 6) is -3.50. The molecule has 0 aliphatic carbocycles. The molecule has 0 rings (SSSR count). The molecule has 1 unspecified atom stereocenters. The molecule has 1 atom stereocenters. The van der Waals surface area contributed by atoms with E-state index in [1.54, 1.807) is 0 Å². The van der Waals surface area contributed by atoms with Gasteiger partial charge in [-0.3, -0.25) is 14.1 Å². The molecule has 0 aliphatic rings. The molecule has 0 saturated heterocycles. The van der Waals surface area contributed by atoms with Gasteiger partial charge < -0.3 is 10.2 Å². The molecule has 0 aromatic rings. The molecule has 0 radical (unpaired) electrons. The smallest absolute Gasteiger partial charge is 0.325 e. The molecule has 0 spiro atoms. The van der Waals surface area contributed by atoms with Gasteiger partial charge in [0.25, 0.3) is 10.1 Å². The summed E-state index contributed by atoms with van der Waals surface area (Å²) < 4.78 is 35.5. The summed E-state index contributed by atoms with van der Waals surface area (Å²) in [4.78, 5) is 20.0. The average molecular weight is 491 g/mol. The normalized spacial score (nSPS) is 12.1. The predicted octanol–water partition coefficient (Wildman–Crippen LogP) is 4.87.